The fourth-order valence-corrected chi connectivity index (χ4v) is 6.13. The lowest BCUT2D eigenvalue weighted by Gasteiger charge is -2.10. The molecule has 0 radical (unpaired) electrons. The van der Waals surface area contributed by atoms with Gasteiger partial charge in [0.05, 0.1) is 11.4 Å². The van der Waals surface area contributed by atoms with Crippen LogP contribution in [0, 0.1) is 23.7 Å². The molecule has 2 heterocycles. The molecule has 2 saturated carbocycles. The first-order valence-electron chi connectivity index (χ1n) is 13.8. The second-order valence-electron chi connectivity index (χ2n) is 10.8. The maximum Gasteiger partial charge on any atom is 0.333 e. The van der Waals surface area contributed by atoms with E-state index in [1.807, 2.05) is 0 Å². The Labute approximate surface area is 246 Å². The highest BCUT2D eigenvalue weighted by molar-refractivity contribution is 7.91. The smallest absolute Gasteiger partial charge is 0.326 e. The van der Waals surface area contributed by atoms with E-state index >= 15 is 0 Å². The van der Waals surface area contributed by atoms with Crippen molar-refractivity contribution in [1.82, 2.24) is 18.7 Å². The largest absolute Gasteiger partial charge is 0.333 e. The lowest BCUT2D eigenvalue weighted by Crippen LogP contribution is -2.38. The van der Waals surface area contributed by atoms with E-state index in [4.69, 9.17) is 0 Å². The van der Waals surface area contributed by atoms with E-state index in [2.05, 4.69) is 27.5 Å². The third kappa shape index (κ3) is 5.49. The van der Waals surface area contributed by atoms with Gasteiger partial charge >= 0.3 is 5.69 Å². The number of aryl methyl sites for hydroxylation is 1. The number of nitrogens with one attached hydrogen (secondary N) is 2. The van der Waals surface area contributed by atoms with E-state index in [9.17, 15) is 27.6 Å². The Morgan fingerprint density at radius 3 is 2.05 bits per heavy atom. The summed E-state index contributed by atoms with van der Waals surface area (Å²) in [5, 5.41) is 5.37. The third-order valence-corrected chi connectivity index (χ3v) is 9.18. The Balaban J connectivity index is 1.38. The van der Waals surface area contributed by atoms with Crippen molar-refractivity contribution >= 4 is 44.2 Å². The van der Waals surface area contributed by atoms with Crippen molar-refractivity contribution in [1.29, 1.82) is 0 Å². The third-order valence-electron chi connectivity index (χ3n) is 7.44. The van der Waals surface area contributed by atoms with Crippen molar-refractivity contribution in [2.45, 2.75) is 42.3 Å². The van der Waals surface area contributed by atoms with Crippen molar-refractivity contribution in [2.75, 3.05) is 10.6 Å². The maximum absolute atomic E-state index is 13.4. The topological polar surface area (TPSA) is 154 Å². The first kappa shape index (κ1) is 28.2. The number of benzene rings is 2. The average Bonchev–Trinajstić information content (AvgIpc) is 3.90. The number of aromatic nitrogens is 4. The maximum atomic E-state index is 13.4. The predicted octanol–water partition coefficient (Wildman–Crippen LogP) is 2.02. The summed E-state index contributed by atoms with van der Waals surface area (Å²) in [4.78, 5) is 55.2. The number of amides is 2. The molecule has 0 atom stereocenters. The van der Waals surface area contributed by atoms with Gasteiger partial charge in [-0.15, -0.1) is 0 Å². The summed E-state index contributed by atoms with van der Waals surface area (Å²) in [6.45, 7) is -0.215. The highest BCUT2D eigenvalue weighted by Gasteiger charge is 2.31. The molecule has 0 spiro atoms. The van der Waals surface area contributed by atoms with Crippen LogP contribution in [-0.4, -0.2) is 38.9 Å². The van der Waals surface area contributed by atoms with Crippen molar-refractivity contribution < 1.29 is 18.0 Å². The summed E-state index contributed by atoms with van der Waals surface area (Å²) in [6.07, 6.45) is 3.34. The highest BCUT2D eigenvalue weighted by Crippen LogP contribution is 2.32. The molecule has 2 aliphatic carbocycles. The first-order valence-corrected chi connectivity index (χ1v) is 15.2. The summed E-state index contributed by atoms with van der Waals surface area (Å²) >= 11 is 0. The molecule has 220 valence electrons. The Kier molecular flexibility index (Phi) is 7.01. The SMILES string of the molecule is Cn1c(=O)c2c(nc(S(=O)(=O)c3ccccc3)n2C)n(CC#Cc2cc(NC(=O)C3CC3)cc(NC(=O)C3CC3)c2)c1=O. The van der Waals surface area contributed by atoms with Crippen LogP contribution in [0.1, 0.15) is 31.2 Å². The Bertz CT molecular complexity index is 2050. The molecule has 12 nitrogen and oxygen atoms in total. The van der Waals surface area contributed by atoms with Crippen molar-refractivity contribution in [3.05, 3.63) is 74.9 Å². The minimum absolute atomic E-state index is 0.00263. The molecule has 0 unspecified atom stereocenters. The standard InChI is InChI=1S/C30H28N6O6S/c1-34-24-25(33-29(34)43(41,42)23-8-4-3-5-9-23)36(30(40)35(2)28(24)39)14-6-7-18-15-21(31-26(37)19-10-11-19)17-22(16-18)32-27(38)20-12-13-20/h3-5,8-9,15-17,19-20H,10-14H2,1-2H3,(H,31,37)(H,32,38). The van der Waals surface area contributed by atoms with Crippen molar-refractivity contribution in [3.8, 4) is 11.8 Å². The number of carbonyl (C=O) groups excluding carboxylic acids is 2. The second-order valence-corrected chi connectivity index (χ2v) is 12.6. The molecule has 43 heavy (non-hydrogen) atoms. The van der Waals surface area contributed by atoms with Crippen LogP contribution in [0.2, 0.25) is 0 Å². The average molecular weight is 601 g/mol. The Hall–Kier alpha value is -4.96. The molecular weight excluding hydrogens is 572 g/mol. The Morgan fingerprint density at radius 2 is 1.49 bits per heavy atom. The van der Waals surface area contributed by atoms with E-state index < -0.39 is 21.1 Å². The van der Waals surface area contributed by atoms with E-state index in [1.165, 1.54) is 30.8 Å². The molecule has 13 heteroatoms. The molecular formula is C30H28N6O6S. The van der Waals surface area contributed by atoms with Gasteiger partial charge in [-0.25, -0.2) is 13.2 Å². The fourth-order valence-electron chi connectivity index (χ4n) is 4.74. The molecule has 2 aliphatic rings. The van der Waals surface area contributed by atoms with Crippen molar-refractivity contribution in [2.24, 2.45) is 25.9 Å². The number of hydrogen-bond acceptors (Lipinski definition) is 7. The summed E-state index contributed by atoms with van der Waals surface area (Å²) in [5.41, 5.74) is -0.133. The number of rotatable bonds is 7. The molecule has 4 aromatic rings. The van der Waals surface area contributed by atoms with Crippen LogP contribution in [0.25, 0.3) is 11.2 Å². The van der Waals surface area contributed by atoms with Crippen LogP contribution >= 0.6 is 0 Å². The van der Waals surface area contributed by atoms with Crippen LogP contribution in [0.3, 0.4) is 0 Å². The van der Waals surface area contributed by atoms with Gasteiger partial charge in [-0.05, 0) is 56.0 Å². The molecule has 0 saturated heterocycles. The lowest BCUT2D eigenvalue weighted by molar-refractivity contribution is -0.118. The highest BCUT2D eigenvalue weighted by atomic mass is 32.2. The molecule has 2 fully saturated rings. The quantitative estimate of drug-likeness (QED) is 0.308. The summed E-state index contributed by atoms with van der Waals surface area (Å²) in [6, 6.07) is 12.7. The van der Waals surface area contributed by atoms with Crippen LogP contribution in [0.5, 0.6) is 0 Å². The van der Waals surface area contributed by atoms with E-state index in [0.717, 1.165) is 34.8 Å². The number of carbonyl (C=O) groups is 2. The number of fused-ring (bicyclic) bond motifs is 1. The van der Waals surface area contributed by atoms with Crippen LogP contribution < -0.4 is 21.9 Å². The number of nitrogens with zero attached hydrogens (tertiary/aromatic N) is 4. The van der Waals surface area contributed by atoms with Gasteiger partial charge in [-0.2, -0.15) is 4.98 Å². The van der Waals surface area contributed by atoms with Gasteiger partial charge in [-0.1, -0.05) is 30.0 Å². The number of imidazole rings is 1. The summed E-state index contributed by atoms with van der Waals surface area (Å²) in [7, 11) is -1.40. The van der Waals surface area contributed by atoms with Crippen LogP contribution in [-0.2, 0) is 40.1 Å². The zero-order chi connectivity index (χ0) is 30.5. The first-order chi connectivity index (χ1) is 20.5. The normalized spacial score (nSPS) is 14.7. The van der Waals surface area contributed by atoms with Gasteiger partial charge in [0.25, 0.3) is 5.56 Å². The van der Waals surface area contributed by atoms with E-state index in [0.29, 0.717) is 16.9 Å². The van der Waals surface area contributed by atoms with Gasteiger partial charge in [0.2, 0.25) is 26.8 Å². The minimum atomic E-state index is -4.10. The van der Waals surface area contributed by atoms with Crippen LogP contribution in [0.4, 0.5) is 11.4 Å². The Morgan fingerprint density at radius 1 is 0.907 bits per heavy atom. The zero-order valence-corrected chi connectivity index (χ0v) is 24.3. The zero-order valence-electron chi connectivity index (χ0n) is 23.5. The van der Waals surface area contributed by atoms with Gasteiger partial charge in [0.1, 0.15) is 0 Å². The van der Waals surface area contributed by atoms with Crippen LogP contribution in [0.15, 0.2) is 68.2 Å². The van der Waals surface area contributed by atoms with Gasteiger partial charge in [-0.3, -0.25) is 23.5 Å². The molecule has 2 aromatic carbocycles. The van der Waals surface area contributed by atoms with Gasteiger partial charge in [0, 0.05) is 42.9 Å². The van der Waals surface area contributed by atoms with Crippen molar-refractivity contribution in [3.63, 3.8) is 0 Å². The fraction of sp³-hybridized carbons (Fsp3) is 0.300. The van der Waals surface area contributed by atoms with E-state index in [-0.39, 0.29) is 51.4 Å². The van der Waals surface area contributed by atoms with Gasteiger partial charge in [0.15, 0.2) is 11.2 Å². The number of hydrogen-bond donors (Lipinski definition) is 2. The summed E-state index contributed by atoms with van der Waals surface area (Å²) < 4.78 is 29.9. The molecule has 0 bridgehead atoms. The molecule has 2 N–H and O–H groups in total. The number of anilines is 2. The predicted molar refractivity (Wildman–Crippen MR) is 158 cm³/mol. The molecule has 0 aliphatic heterocycles. The summed E-state index contributed by atoms with van der Waals surface area (Å²) in [5.74, 6) is 5.63. The number of sulfone groups is 1. The monoisotopic (exact) mass is 600 g/mol. The molecule has 2 amide bonds. The second kappa shape index (κ2) is 10.7. The minimum Gasteiger partial charge on any atom is -0.326 e. The lowest BCUT2D eigenvalue weighted by atomic mass is 10.1. The molecule has 2 aromatic heterocycles. The van der Waals surface area contributed by atoms with E-state index in [1.54, 1.807) is 36.4 Å². The van der Waals surface area contributed by atoms with Gasteiger partial charge < -0.3 is 15.2 Å². The molecule has 6 rings (SSSR count).